The van der Waals surface area contributed by atoms with Gasteiger partial charge in [0.2, 0.25) is 5.89 Å². The van der Waals surface area contributed by atoms with Crippen molar-refractivity contribution >= 4 is 65.3 Å². The third-order valence-corrected chi connectivity index (χ3v) is 6.84. The Kier molecular flexibility index (Phi) is 6.02. The van der Waals surface area contributed by atoms with Crippen LogP contribution in [0, 0.1) is 0 Å². The molecule has 34 heavy (non-hydrogen) atoms. The number of amides is 1. The van der Waals surface area contributed by atoms with Gasteiger partial charge in [0.15, 0.2) is 5.58 Å². The summed E-state index contributed by atoms with van der Waals surface area (Å²) in [4.78, 5) is 17.8. The number of aromatic nitrogens is 1. The number of fused-ring (bicyclic) bond motifs is 2. The molecule has 0 radical (unpaired) electrons. The van der Waals surface area contributed by atoms with Gasteiger partial charge in [0.25, 0.3) is 5.91 Å². The number of rotatable bonds is 5. The SMILES string of the molecule is COc1ccc(-c2nc3cc(NC(=O)c4cc5ccccc5c(Br)c4OC)ccc3o2)cc1Br. The van der Waals surface area contributed by atoms with Gasteiger partial charge in [0, 0.05) is 11.3 Å². The molecule has 1 amide bonds. The predicted molar refractivity (Wildman–Crippen MR) is 140 cm³/mol. The van der Waals surface area contributed by atoms with Crippen LogP contribution in [0.25, 0.3) is 33.3 Å². The quantitative estimate of drug-likeness (QED) is 0.233. The van der Waals surface area contributed by atoms with Crippen LogP contribution in [0.15, 0.2) is 80.1 Å². The molecule has 1 N–H and O–H groups in total. The highest BCUT2D eigenvalue weighted by atomic mass is 79.9. The van der Waals surface area contributed by atoms with Gasteiger partial charge in [0.1, 0.15) is 17.0 Å². The molecule has 170 valence electrons. The fourth-order valence-electron chi connectivity index (χ4n) is 3.78. The topological polar surface area (TPSA) is 73.6 Å². The maximum atomic E-state index is 13.2. The Morgan fingerprint density at radius 1 is 0.971 bits per heavy atom. The number of carbonyl (C=O) groups is 1. The maximum absolute atomic E-state index is 13.2. The standard InChI is InChI=1S/C26H18Br2N2O4/c1-32-21-9-7-15(12-19(21)27)26-30-20-13-16(8-10-22(20)34-26)29-25(31)18-11-14-5-3-4-6-17(14)23(28)24(18)33-2/h3-13H,1-2H3,(H,29,31). The second kappa shape index (κ2) is 9.12. The smallest absolute Gasteiger partial charge is 0.259 e. The summed E-state index contributed by atoms with van der Waals surface area (Å²) in [5.74, 6) is 1.39. The number of hydrogen-bond donors (Lipinski definition) is 1. The van der Waals surface area contributed by atoms with E-state index >= 15 is 0 Å². The number of carbonyl (C=O) groups excluding carboxylic acids is 1. The Balaban J connectivity index is 1.47. The molecular formula is C26H18Br2N2O4. The van der Waals surface area contributed by atoms with Gasteiger partial charge < -0.3 is 19.2 Å². The first-order valence-electron chi connectivity index (χ1n) is 10.3. The number of hydrogen-bond acceptors (Lipinski definition) is 5. The van der Waals surface area contributed by atoms with E-state index in [1.165, 1.54) is 0 Å². The molecular weight excluding hydrogens is 564 g/mol. The zero-order valence-electron chi connectivity index (χ0n) is 18.2. The van der Waals surface area contributed by atoms with Crippen LogP contribution in [0.1, 0.15) is 10.4 Å². The fraction of sp³-hybridized carbons (Fsp3) is 0.0769. The predicted octanol–water partition coefficient (Wildman–Crippen LogP) is 7.44. The van der Waals surface area contributed by atoms with E-state index in [1.807, 2.05) is 48.5 Å². The molecule has 0 aliphatic rings. The van der Waals surface area contributed by atoms with E-state index in [9.17, 15) is 4.79 Å². The highest BCUT2D eigenvalue weighted by Gasteiger charge is 2.19. The molecule has 0 aliphatic heterocycles. The maximum Gasteiger partial charge on any atom is 0.259 e. The lowest BCUT2D eigenvalue weighted by atomic mass is 10.1. The molecule has 1 heterocycles. The number of methoxy groups -OCH3 is 2. The summed E-state index contributed by atoms with van der Waals surface area (Å²) in [6.07, 6.45) is 0. The largest absolute Gasteiger partial charge is 0.496 e. The van der Waals surface area contributed by atoms with Crippen LogP contribution >= 0.6 is 31.9 Å². The second-order valence-corrected chi connectivity index (χ2v) is 9.14. The summed E-state index contributed by atoms with van der Waals surface area (Å²) in [6, 6.07) is 20.6. The molecule has 0 saturated heterocycles. The number of nitrogens with one attached hydrogen (secondary N) is 1. The number of benzene rings is 4. The number of ether oxygens (including phenoxy) is 2. The van der Waals surface area contributed by atoms with E-state index in [-0.39, 0.29) is 5.91 Å². The van der Waals surface area contributed by atoms with Gasteiger partial charge in [-0.3, -0.25) is 4.79 Å². The normalized spacial score (nSPS) is 11.1. The minimum atomic E-state index is -0.287. The van der Waals surface area contributed by atoms with Crippen molar-refractivity contribution in [3.8, 4) is 23.0 Å². The van der Waals surface area contributed by atoms with Crippen LogP contribution in [0.2, 0.25) is 0 Å². The first kappa shape index (κ1) is 22.4. The van der Waals surface area contributed by atoms with Gasteiger partial charge >= 0.3 is 0 Å². The summed E-state index contributed by atoms with van der Waals surface area (Å²) in [7, 11) is 3.16. The summed E-state index contributed by atoms with van der Waals surface area (Å²) in [6.45, 7) is 0. The van der Waals surface area contributed by atoms with Crippen molar-refractivity contribution < 1.29 is 18.7 Å². The number of nitrogens with zero attached hydrogens (tertiary/aromatic N) is 1. The zero-order chi connectivity index (χ0) is 23.8. The molecule has 5 rings (SSSR count). The summed E-state index contributed by atoms with van der Waals surface area (Å²) < 4.78 is 18.3. The molecule has 0 aliphatic carbocycles. The summed E-state index contributed by atoms with van der Waals surface area (Å²) in [5, 5.41) is 4.85. The van der Waals surface area contributed by atoms with Crippen molar-refractivity contribution in [1.29, 1.82) is 0 Å². The van der Waals surface area contributed by atoms with Crippen molar-refractivity contribution in [2.75, 3.05) is 19.5 Å². The Morgan fingerprint density at radius 2 is 1.79 bits per heavy atom. The zero-order valence-corrected chi connectivity index (χ0v) is 21.4. The van der Waals surface area contributed by atoms with Crippen LogP contribution in [0.3, 0.4) is 0 Å². The number of halogens is 2. The highest BCUT2D eigenvalue weighted by Crippen LogP contribution is 2.37. The Bertz CT molecular complexity index is 1560. The van der Waals surface area contributed by atoms with Crippen LogP contribution in [-0.4, -0.2) is 25.1 Å². The molecule has 5 aromatic rings. The summed E-state index contributed by atoms with van der Waals surface area (Å²) in [5.41, 5.74) is 3.08. The first-order valence-corrected chi connectivity index (χ1v) is 11.9. The summed E-state index contributed by atoms with van der Waals surface area (Å²) >= 11 is 7.07. The first-order chi connectivity index (χ1) is 16.5. The van der Waals surface area contributed by atoms with E-state index in [0.29, 0.717) is 34.0 Å². The second-order valence-electron chi connectivity index (χ2n) is 7.50. The van der Waals surface area contributed by atoms with Gasteiger partial charge in [0.05, 0.1) is 28.7 Å². The molecule has 0 unspecified atom stereocenters. The third kappa shape index (κ3) is 4.03. The van der Waals surface area contributed by atoms with Crippen LogP contribution < -0.4 is 14.8 Å². The van der Waals surface area contributed by atoms with E-state index < -0.39 is 0 Å². The van der Waals surface area contributed by atoms with Crippen molar-refractivity contribution in [2.24, 2.45) is 0 Å². The van der Waals surface area contributed by atoms with Gasteiger partial charge in [-0.15, -0.1) is 0 Å². The monoisotopic (exact) mass is 580 g/mol. The van der Waals surface area contributed by atoms with E-state index in [2.05, 4.69) is 42.2 Å². The van der Waals surface area contributed by atoms with Crippen LogP contribution in [0.4, 0.5) is 5.69 Å². The molecule has 0 spiro atoms. The molecule has 6 nitrogen and oxygen atoms in total. The van der Waals surface area contributed by atoms with Crippen LogP contribution in [0.5, 0.6) is 11.5 Å². The van der Waals surface area contributed by atoms with Crippen molar-refractivity contribution in [3.05, 3.63) is 81.2 Å². The van der Waals surface area contributed by atoms with Gasteiger partial charge in [-0.2, -0.15) is 0 Å². The molecule has 4 aromatic carbocycles. The van der Waals surface area contributed by atoms with Gasteiger partial charge in [-0.1, -0.05) is 24.3 Å². The Labute approximate surface area is 212 Å². The van der Waals surface area contributed by atoms with Crippen LogP contribution in [-0.2, 0) is 0 Å². The molecule has 0 bridgehead atoms. The van der Waals surface area contributed by atoms with Gasteiger partial charge in [-0.05, 0) is 85.1 Å². The lowest BCUT2D eigenvalue weighted by Crippen LogP contribution is -2.13. The fourth-order valence-corrected chi connectivity index (χ4v) is 5.06. The Morgan fingerprint density at radius 3 is 2.56 bits per heavy atom. The van der Waals surface area contributed by atoms with E-state index in [1.54, 1.807) is 32.4 Å². The van der Waals surface area contributed by atoms with Gasteiger partial charge in [-0.25, -0.2) is 4.98 Å². The van der Waals surface area contributed by atoms with Crippen molar-refractivity contribution in [3.63, 3.8) is 0 Å². The minimum Gasteiger partial charge on any atom is -0.496 e. The number of oxazole rings is 1. The average molecular weight is 582 g/mol. The lowest BCUT2D eigenvalue weighted by molar-refractivity contribution is 0.102. The molecule has 8 heteroatoms. The van der Waals surface area contributed by atoms with Crippen molar-refractivity contribution in [1.82, 2.24) is 4.98 Å². The van der Waals surface area contributed by atoms with Crippen molar-refractivity contribution in [2.45, 2.75) is 0 Å². The molecule has 0 saturated carbocycles. The van der Waals surface area contributed by atoms with E-state index in [0.717, 1.165) is 31.0 Å². The molecule has 1 aromatic heterocycles. The highest BCUT2D eigenvalue weighted by molar-refractivity contribution is 9.11. The Hall–Kier alpha value is -3.36. The molecule has 0 atom stereocenters. The third-order valence-electron chi connectivity index (χ3n) is 5.43. The number of anilines is 1. The molecule has 0 fully saturated rings. The lowest BCUT2D eigenvalue weighted by Gasteiger charge is -2.13. The average Bonchev–Trinajstić information content (AvgIpc) is 3.27. The van der Waals surface area contributed by atoms with E-state index in [4.69, 9.17) is 13.9 Å². The minimum absolute atomic E-state index is 0.287.